The van der Waals surface area contributed by atoms with E-state index in [9.17, 15) is 33.9 Å². The van der Waals surface area contributed by atoms with Gasteiger partial charge in [0.2, 0.25) is 5.91 Å². The number of morpholine rings is 2. The van der Waals surface area contributed by atoms with Crippen molar-refractivity contribution in [3.05, 3.63) is 102 Å². The quantitative estimate of drug-likeness (QED) is 0.0617. The van der Waals surface area contributed by atoms with Crippen LogP contribution >= 0.6 is 12.2 Å². The standard InChI is InChI=1S/C20H25N3OS.C16H22N2O5.C13H24N2O5.C11H20N2O3/c24-16-18(21-20(25)17-7-3-1-4-8-17)15-22-11-13-23(14-12-22)19-9-5-2-6-10-19;1-21-15(19)14(11-18-7-9-22-10-8-18)17-16(20)23-12-13-5-3-2-4-6-13;1-13(2,3)20-12(17)14-10(11(16)18-4)9-15-5-7-19-8-6-15;1-9(14)12-10(11(15)16-2)8-13-6-4-3-5-7-13/h1-10,18,24H,11-16H2,(H,21,25);2-6,14H,7-12H2,1H3,(H,17,20);10H,5-9H2,1-4H3,(H,14,17);10H,3-8H2,1-2H3,(H,12,14). The number of amides is 3. The lowest BCUT2D eigenvalue weighted by molar-refractivity contribution is -0.145. The first-order chi connectivity index (χ1) is 40.4. The third-order valence-corrected chi connectivity index (χ3v) is 13.9. The fourth-order valence-corrected chi connectivity index (χ4v) is 9.50. The van der Waals surface area contributed by atoms with Gasteiger partial charge in [0.1, 0.15) is 35.3 Å². The summed E-state index contributed by atoms with van der Waals surface area (Å²) < 4.78 is 34.9. The highest BCUT2D eigenvalue weighted by Gasteiger charge is 2.29. The van der Waals surface area contributed by atoms with Gasteiger partial charge in [0.15, 0.2) is 0 Å². The van der Waals surface area contributed by atoms with E-state index in [1.54, 1.807) is 20.8 Å². The van der Waals surface area contributed by atoms with Crippen molar-refractivity contribution in [1.82, 2.24) is 40.9 Å². The van der Waals surface area contributed by atoms with Crippen LogP contribution in [0, 0.1) is 0 Å². The van der Waals surface area contributed by atoms with Crippen molar-refractivity contribution < 1.29 is 67.0 Å². The third-order valence-electron chi connectivity index (χ3n) is 13.6. The van der Waals surface area contributed by atoms with Gasteiger partial charge in [-0.25, -0.2) is 24.0 Å². The summed E-state index contributed by atoms with van der Waals surface area (Å²) in [5.41, 5.74) is 2.54. The number of carbonyl (C=O) groups is 6. The molecule has 3 aromatic carbocycles. The lowest BCUT2D eigenvalue weighted by Gasteiger charge is -2.37. The summed E-state index contributed by atoms with van der Waals surface area (Å²) in [5.74, 6) is -1.55. The number of carbonyl (C=O) groups excluding carboxylic acids is 6. The minimum atomic E-state index is -0.763. The molecule has 0 bridgehead atoms. The second-order valence-electron chi connectivity index (χ2n) is 21.3. The molecule has 0 radical (unpaired) electrons. The SMILES string of the molecule is COC(=O)C(CN1CCCCC1)NC(C)=O.COC(=O)C(CN1CCOCC1)NC(=O)OC(C)(C)C.COC(=O)C(CN1CCOCC1)NC(=O)OCc1ccccc1.OCC(CN1CCN(c2ccccc2)CC1)NC(=S)c1ccccc1. The molecule has 4 atom stereocenters. The second kappa shape index (κ2) is 39.2. The Balaban J connectivity index is 0.000000243. The summed E-state index contributed by atoms with van der Waals surface area (Å²) in [7, 11) is 3.93. The summed E-state index contributed by atoms with van der Waals surface area (Å²) in [6.07, 6.45) is 2.31. The molecule has 24 heteroatoms. The number of aliphatic hydroxyl groups excluding tert-OH is 1. The number of alkyl carbamates (subject to hydrolysis) is 2. The third kappa shape index (κ3) is 28.4. The number of thiocarbonyl (C=S) groups is 1. The fourth-order valence-electron chi connectivity index (χ4n) is 9.20. The molecule has 0 spiro atoms. The van der Waals surface area contributed by atoms with E-state index in [1.807, 2.05) is 76.5 Å². The number of aliphatic hydroxyl groups is 1. The minimum Gasteiger partial charge on any atom is -0.467 e. The van der Waals surface area contributed by atoms with Crippen molar-refractivity contribution in [3.63, 3.8) is 0 Å². The van der Waals surface area contributed by atoms with Crippen LogP contribution in [0.15, 0.2) is 91.0 Å². The molecule has 4 saturated heterocycles. The fraction of sp³-hybridized carbons (Fsp3) is 0.583. The van der Waals surface area contributed by atoms with Crippen LogP contribution in [-0.2, 0) is 58.9 Å². The number of nitrogens with one attached hydrogen (secondary N) is 4. The van der Waals surface area contributed by atoms with Crippen LogP contribution in [0.2, 0.25) is 0 Å². The molecule has 23 nitrogen and oxygen atoms in total. The van der Waals surface area contributed by atoms with E-state index in [-0.39, 0.29) is 31.1 Å². The van der Waals surface area contributed by atoms with Gasteiger partial charge in [0, 0.05) is 96.7 Å². The second-order valence-corrected chi connectivity index (χ2v) is 21.7. The van der Waals surface area contributed by atoms with E-state index in [0.29, 0.717) is 64.1 Å². The van der Waals surface area contributed by atoms with E-state index in [4.69, 9.17) is 40.6 Å². The molecule has 4 aliphatic heterocycles. The van der Waals surface area contributed by atoms with Crippen molar-refractivity contribution >= 4 is 58.9 Å². The van der Waals surface area contributed by atoms with Crippen LogP contribution in [0.5, 0.6) is 0 Å². The normalized spacial score (nSPS) is 17.3. The zero-order valence-corrected chi connectivity index (χ0v) is 50.9. The lowest BCUT2D eigenvalue weighted by atomic mass is 10.1. The van der Waals surface area contributed by atoms with Gasteiger partial charge in [0.25, 0.3) is 0 Å². The molecule has 7 rings (SSSR count). The minimum absolute atomic E-state index is 0.0454. The number of likely N-dealkylation sites (tertiary alicyclic amines) is 1. The number of nitrogens with zero attached hydrogens (tertiary/aromatic N) is 5. The van der Waals surface area contributed by atoms with Gasteiger partial charge in [-0.1, -0.05) is 97.5 Å². The highest BCUT2D eigenvalue weighted by molar-refractivity contribution is 7.80. The number of ether oxygens (including phenoxy) is 7. The topological polar surface area (TPSA) is 252 Å². The number of rotatable bonds is 20. The van der Waals surface area contributed by atoms with Crippen molar-refractivity contribution in [3.8, 4) is 0 Å². The predicted octanol–water partition coefficient (Wildman–Crippen LogP) is 3.46. The molecule has 4 unspecified atom stereocenters. The molecule has 4 fully saturated rings. The molecule has 3 amide bonds. The summed E-state index contributed by atoms with van der Waals surface area (Å²) >= 11 is 5.46. The number of piperidine rings is 1. The Bertz CT molecular complexity index is 2390. The largest absolute Gasteiger partial charge is 0.467 e. The van der Waals surface area contributed by atoms with Gasteiger partial charge in [-0.15, -0.1) is 0 Å². The number of para-hydroxylation sites is 1. The molecule has 3 aromatic rings. The van der Waals surface area contributed by atoms with Gasteiger partial charge in [-0.2, -0.15) is 0 Å². The molecular formula is C60H91N9O14S. The van der Waals surface area contributed by atoms with E-state index in [1.165, 1.54) is 40.4 Å². The first-order valence-electron chi connectivity index (χ1n) is 28.7. The maximum atomic E-state index is 11.9. The molecule has 4 aliphatic rings. The first-order valence-corrected chi connectivity index (χ1v) is 29.1. The average Bonchev–Trinajstić information content (AvgIpc) is 3.63. The summed E-state index contributed by atoms with van der Waals surface area (Å²) in [6, 6.07) is 27.7. The van der Waals surface area contributed by atoms with Gasteiger partial charge in [0.05, 0.1) is 60.4 Å². The van der Waals surface area contributed by atoms with E-state index >= 15 is 0 Å². The Morgan fingerprint density at radius 3 is 1.43 bits per heavy atom. The Morgan fingerprint density at radius 1 is 0.548 bits per heavy atom. The van der Waals surface area contributed by atoms with Gasteiger partial charge in [-0.05, 0) is 64.4 Å². The number of anilines is 1. The maximum absolute atomic E-state index is 11.9. The maximum Gasteiger partial charge on any atom is 0.408 e. The van der Waals surface area contributed by atoms with E-state index in [2.05, 4.69) is 65.0 Å². The number of piperazine rings is 1. The van der Waals surface area contributed by atoms with Crippen LogP contribution in [0.3, 0.4) is 0 Å². The first kappa shape index (κ1) is 70.0. The van der Waals surface area contributed by atoms with E-state index in [0.717, 1.165) is 82.9 Å². The van der Waals surface area contributed by atoms with Crippen LogP contribution in [0.25, 0.3) is 0 Å². The van der Waals surface area contributed by atoms with Crippen molar-refractivity contribution in [2.75, 3.05) is 151 Å². The lowest BCUT2D eigenvalue weighted by Crippen LogP contribution is -2.52. The number of esters is 3. The van der Waals surface area contributed by atoms with Crippen molar-refractivity contribution in [1.29, 1.82) is 0 Å². The molecule has 0 aromatic heterocycles. The Morgan fingerprint density at radius 2 is 0.976 bits per heavy atom. The molecule has 5 N–H and O–H groups in total. The van der Waals surface area contributed by atoms with Crippen LogP contribution in [0.1, 0.15) is 58.1 Å². The Labute approximate surface area is 501 Å². The Kier molecular flexibility index (Phi) is 32.6. The van der Waals surface area contributed by atoms with Gasteiger partial charge in [-0.3, -0.25) is 19.5 Å². The molecule has 0 saturated carbocycles. The number of methoxy groups -OCH3 is 3. The van der Waals surface area contributed by atoms with Gasteiger partial charge < -0.3 is 69.3 Å². The van der Waals surface area contributed by atoms with Crippen LogP contribution in [0.4, 0.5) is 15.3 Å². The zero-order valence-electron chi connectivity index (χ0n) is 50.1. The zero-order chi connectivity index (χ0) is 61.1. The Hall–Kier alpha value is -6.51. The summed E-state index contributed by atoms with van der Waals surface area (Å²) in [6.45, 7) is 20.4. The average molecular weight is 1190 g/mol. The molecule has 0 aliphatic carbocycles. The molecule has 4 heterocycles. The van der Waals surface area contributed by atoms with E-state index < -0.39 is 47.9 Å². The van der Waals surface area contributed by atoms with Crippen molar-refractivity contribution in [2.24, 2.45) is 0 Å². The monoisotopic (exact) mass is 1190 g/mol. The number of hydrogen-bond acceptors (Lipinski definition) is 20. The molecule has 84 heavy (non-hydrogen) atoms. The highest BCUT2D eigenvalue weighted by Crippen LogP contribution is 2.16. The van der Waals surface area contributed by atoms with Crippen LogP contribution < -0.4 is 26.2 Å². The van der Waals surface area contributed by atoms with Gasteiger partial charge >= 0.3 is 30.1 Å². The predicted molar refractivity (Wildman–Crippen MR) is 322 cm³/mol. The number of benzene rings is 3. The number of hydrogen-bond donors (Lipinski definition) is 5. The smallest absolute Gasteiger partial charge is 0.408 e. The molecule has 466 valence electrons. The van der Waals surface area contributed by atoms with Crippen molar-refractivity contribution in [2.45, 2.75) is 83.3 Å². The highest BCUT2D eigenvalue weighted by atomic mass is 32.1. The summed E-state index contributed by atoms with van der Waals surface area (Å²) in [5, 5.41) is 20.8. The van der Waals surface area contributed by atoms with Crippen LogP contribution in [-0.4, -0.2) is 241 Å². The summed E-state index contributed by atoms with van der Waals surface area (Å²) in [4.78, 5) is 81.4. The molecular weight excluding hydrogens is 1100 g/mol.